The average molecular weight is 230 g/mol. The van der Waals surface area contributed by atoms with E-state index in [9.17, 15) is 0 Å². The molecule has 2 aliphatic heterocycles. The van der Waals surface area contributed by atoms with Crippen molar-refractivity contribution in [2.75, 3.05) is 6.54 Å². The minimum Gasteiger partial charge on any atom is -0.317 e. The molecule has 1 aromatic rings. The van der Waals surface area contributed by atoms with Gasteiger partial charge in [0.15, 0.2) is 5.17 Å². The summed E-state index contributed by atoms with van der Waals surface area (Å²) in [5.41, 5.74) is 2.64. The van der Waals surface area contributed by atoms with E-state index in [1.807, 2.05) is 0 Å². The number of fused-ring (bicyclic) bond motifs is 1. The van der Waals surface area contributed by atoms with Crippen molar-refractivity contribution in [1.82, 2.24) is 4.90 Å². The first-order valence-corrected chi connectivity index (χ1v) is 6.37. The van der Waals surface area contributed by atoms with E-state index in [-0.39, 0.29) is 0 Å². The molecule has 0 spiro atoms. The Morgan fingerprint density at radius 3 is 2.81 bits per heavy atom. The molecule has 2 heterocycles. The first-order valence-electron chi connectivity index (χ1n) is 5.55. The molecule has 0 radical (unpaired) electrons. The summed E-state index contributed by atoms with van der Waals surface area (Å²) in [5, 5.41) is 1.17. The fourth-order valence-electron chi connectivity index (χ4n) is 2.24. The highest BCUT2D eigenvalue weighted by Crippen LogP contribution is 2.42. The van der Waals surface area contributed by atoms with E-state index in [0.29, 0.717) is 6.04 Å². The molecule has 0 aliphatic carbocycles. The SMILES string of the molecule is CC1=C(c2ccccc2)N2CC(C)N=C2S1. The Balaban J connectivity index is 2.02. The summed E-state index contributed by atoms with van der Waals surface area (Å²) in [5.74, 6) is 0. The highest BCUT2D eigenvalue weighted by Gasteiger charge is 2.33. The summed E-state index contributed by atoms with van der Waals surface area (Å²) in [6, 6.07) is 11.0. The van der Waals surface area contributed by atoms with Gasteiger partial charge in [0, 0.05) is 11.4 Å². The van der Waals surface area contributed by atoms with E-state index in [1.54, 1.807) is 11.8 Å². The number of aliphatic imine (C=N–C) groups is 1. The van der Waals surface area contributed by atoms with Gasteiger partial charge in [-0.05, 0) is 19.4 Å². The Hall–Kier alpha value is -1.22. The number of hydrogen-bond acceptors (Lipinski definition) is 3. The number of rotatable bonds is 1. The first kappa shape index (κ1) is 9.97. The lowest BCUT2D eigenvalue weighted by Gasteiger charge is -2.17. The molecular weight excluding hydrogens is 216 g/mol. The molecule has 16 heavy (non-hydrogen) atoms. The Morgan fingerprint density at radius 2 is 2.06 bits per heavy atom. The summed E-state index contributed by atoms with van der Waals surface area (Å²) < 4.78 is 0. The van der Waals surface area contributed by atoms with Crippen molar-refractivity contribution in [3.8, 4) is 0 Å². The van der Waals surface area contributed by atoms with Crippen LogP contribution in [0, 0.1) is 0 Å². The van der Waals surface area contributed by atoms with Crippen LogP contribution >= 0.6 is 11.8 Å². The van der Waals surface area contributed by atoms with Gasteiger partial charge in [0.05, 0.1) is 11.7 Å². The second kappa shape index (κ2) is 3.67. The lowest BCUT2D eigenvalue weighted by atomic mass is 10.1. The molecule has 82 valence electrons. The summed E-state index contributed by atoms with van der Waals surface area (Å²) in [7, 11) is 0. The van der Waals surface area contributed by atoms with E-state index >= 15 is 0 Å². The molecule has 0 saturated carbocycles. The number of hydrogen-bond donors (Lipinski definition) is 0. The van der Waals surface area contributed by atoms with Crippen molar-refractivity contribution in [2.45, 2.75) is 19.9 Å². The van der Waals surface area contributed by atoms with Crippen LogP contribution in [0.25, 0.3) is 5.70 Å². The van der Waals surface area contributed by atoms with Crippen LogP contribution in [0.4, 0.5) is 0 Å². The third kappa shape index (κ3) is 1.47. The lowest BCUT2D eigenvalue weighted by molar-refractivity contribution is 0.584. The van der Waals surface area contributed by atoms with Crippen LogP contribution in [0.5, 0.6) is 0 Å². The molecule has 1 atom stereocenters. The van der Waals surface area contributed by atoms with Gasteiger partial charge in [-0.3, -0.25) is 4.99 Å². The van der Waals surface area contributed by atoms with E-state index in [2.05, 4.69) is 54.1 Å². The van der Waals surface area contributed by atoms with Crippen molar-refractivity contribution in [2.24, 2.45) is 4.99 Å². The zero-order valence-electron chi connectivity index (χ0n) is 9.47. The van der Waals surface area contributed by atoms with Gasteiger partial charge in [0.25, 0.3) is 0 Å². The Morgan fingerprint density at radius 1 is 1.31 bits per heavy atom. The Bertz CT molecular complexity index is 476. The molecule has 2 nitrogen and oxygen atoms in total. The van der Waals surface area contributed by atoms with E-state index < -0.39 is 0 Å². The lowest BCUT2D eigenvalue weighted by Crippen LogP contribution is -2.22. The molecule has 0 bridgehead atoms. The molecule has 3 rings (SSSR count). The maximum Gasteiger partial charge on any atom is 0.168 e. The number of allylic oxidation sites excluding steroid dienone is 1. The van der Waals surface area contributed by atoms with Crippen molar-refractivity contribution < 1.29 is 0 Å². The molecule has 1 unspecified atom stereocenters. The van der Waals surface area contributed by atoms with Crippen LogP contribution in [-0.4, -0.2) is 22.7 Å². The Labute approximate surface area is 100 Å². The van der Waals surface area contributed by atoms with Crippen molar-refractivity contribution in [3.63, 3.8) is 0 Å². The minimum atomic E-state index is 0.425. The summed E-state index contributed by atoms with van der Waals surface area (Å²) >= 11 is 1.80. The number of nitrogens with zero attached hydrogens (tertiary/aromatic N) is 2. The van der Waals surface area contributed by atoms with Crippen LogP contribution in [0.1, 0.15) is 19.4 Å². The molecule has 0 saturated heterocycles. The quantitative estimate of drug-likeness (QED) is 0.736. The van der Waals surface area contributed by atoms with Gasteiger partial charge in [-0.15, -0.1) is 0 Å². The standard InChI is InChI=1S/C13H14N2S/c1-9-8-15-12(10(2)16-13(15)14-9)11-6-4-3-5-7-11/h3-7,9H,8H2,1-2H3. The third-order valence-electron chi connectivity index (χ3n) is 2.90. The predicted octanol–water partition coefficient (Wildman–Crippen LogP) is 3.18. The average Bonchev–Trinajstić information content (AvgIpc) is 2.74. The highest BCUT2D eigenvalue weighted by molar-refractivity contribution is 8.17. The van der Waals surface area contributed by atoms with Crippen LogP contribution < -0.4 is 0 Å². The largest absolute Gasteiger partial charge is 0.317 e. The number of benzene rings is 1. The topological polar surface area (TPSA) is 15.6 Å². The maximum atomic E-state index is 4.64. The Kier molecular flexibility index (Phi) is 2.28. The van der Waals surface area contributed by atoms with Gasteiger partial charge in [-0.1, -0.05) is 42.1 Å². The highest BCUT2D eigenvalue weighted by atomic mass is 32.2. The normalized spacial score (nSPS) is 23.8. The van der Waals surface area contributed by atoms with Gasteiger partial charge in [-0.2, -0.15) is 0 Å². The zero-order chi connectivity index (χ0) is 11.1. The minimum absolute atomic E-state index is 0.425. The first-order chi connectivity index (χ1) is 7.75. The third-order valence-corrected chi connectivity index (χ3v) is 3.91. The summed E-state index contributed by atoms with van der Waals surface area (Å²) in [6.45, 7) is 5.37. The zero-order valence-corrected chi connectivity index (χ0v) is 10.3. The van der Waals surface area contributed by atoms with Crippen LogP contribution in [0.15, 0.2) is 40.2 Å². The number of thioether (sulfide) groups is 1. The fourth-order valence-corrected chi connectivity index (χ4v) is 3.35. The fraction of sp³-hybridized carbons (Fsp3) is 0.308. The molecule has 2 aliphatic rings. The van der Waals surface area contributed by atoms with E-state index in [0.717, 1.165) is 6.54 Å². The van der Waals surface area contributed by atoms with Crippen LogP contribution in [-0.2, 0) is 0 Å². The van der Waals surface area contributed by atoms with Crippen LogP contribution in [0.2, 0.25) is 0 Å². The molecule has 0 fully saturated rings. The molecule has 3 heteroatoms. The maximum absolute atomic E-state index is 4.64. The molecule has 1 aromatic carbocycles. The number of amidine groups is 1. The molecule has 0 amide bonds. The predicted molar refractivity (Wildman–Crippen MR) is 70.2 cm³/mol. The second-order valence-corrected chi connectivity index (χ2v) is 5.43. The molecule has 0 N–H and O–H groups in total. The van der Waals surface area contributed by atoms with Crippen molar-refractivity contribution in [3.05, 3.63) is 40.8 Å². The van der Waals surface area contributed by atoms with Gasteiger partial charge in [0.1, 0.15) is 0 Å². The molecular formula is C13H14N2S. The van der Waals surface area contributed by atoms with Crippen molar-refractivity contribution >= 4 is 22.6 Å². The molecule has 0 aromatic heterocycles. The van der Waals surface area contributed by atoms with Gasteiger partial charge >= 0.3 is 0 Å². The van der Waals surface area contributed by atoms with E-state index in [1.165, 1.54) is 21.3 Å². The second-order valence-electron chi connectivity index (χ2n) is 4.24. The summed E-state index contributed by atoms with van der Waals surface area (Å²) in [6.07, 6.45) is 0. The van der Waals surface area contributed by atoms with Gasteiger partial charge < -0.3 is 4.90 Å². The smallest absolute Gasteiger partial charge is 0.168 e. The van der Waals surface area contributed by atoms with E-state index in [4.69, 9.17) is 0 Å². The summed E-state index contributed by atoms with van der Waals surface area (Å²) in [4.78, 5) is 8.35. The van der Waals surface area contributed by atoms with Gasteiger partial charge in [0.2, 0.25) is 0 Å². The van der Waals surface area contributed by atoms with Crippen molar-refractivity contribution in [1.29, 1.82) is 0 Å². The van der Waals surface area contributed by atoms with Crippen LogP contribution in [0.3, 0.4) is 0 Å². The monoisotopic (exact) mass is 230 g/mol. The van der Waals surface area contributed by atoms with Gasteiger partial charge in [-0.25, -0.2) is 0 Å².